The third-order valence-electron chi connectivity index (χ3n) is 2.94. The van der Waals surface area contributed by atoms with Crippen LogP contribution < -0.4 is 5.32 Å². The summed E-state index contributed by atoms with van der Waals surface area (Å²) in [6.45, 7) is 0. The zero-order chi connectivity index (χ0) is 14.9. The molecular formula is C14H10F5N. The van der Waals surface area contributed by atoms with Gasteiger partial charge in [0.25, 0.3) is 0 Å². The van der Waals surface area contributed by atoms with Crippen molar-refractivity contribution >= 4 is 0 Å². The van der Waals surface area contributed by atoms with Gasteiger partial charge in [-0.05, 0) is 30.8 Å². The fraction of sp³-hybridized carbons (Fsp3) is 0.143. The van der Waals surface area contributed by atoms with Gasteiger partial charge < -0.3 is 5.32 Å². The fourth-order valence-electron chi connectivity index (χ4n) is 1.96. The Balaban J connectivity index is 2.52. The maximum Gasteiger partial charge on any atom is 0.194 e. The fourth-order valence-corrected chi connectivity index (χ4v) is 1.96. The van der Waals surface area contributed by atoms with Crippen LogP contribution in [-0.2, 0) is 0 Å². The van der Waals surface area contributed by atoms with E-state index in [9.17, 15) is 22.0 Å². The van der Waals surface area contributed by atoms with E-state index in [1.165, 1.54) is 13.1 Å². The molecule has 0 aliphatic heterocycles. The lowest BCUT2D eigenvalue weighted by molar-refractivity contribution is 0.434. The van der Waals surface area contributed by atoms with Crippen molar-refractivity contribution in [1.82, 2.24) is 5.32 Å². The molecule has 20 heavy (non-hydrogen) atoms. The molecule has 0 spiro atoms. The summed E-state index contributed by atoms with van der Waals surface area (Å²) in [6.07, 6.45) is 0. The Morgan fingerprint density at radius 2 is 1.45 bits per heavy atom. The zero-order valence-electron chi connectivity index (χ0n) is 10.4. The molecule has 2 aromatic rings. The van der Waals surface area contributed by atoms with Gasteiger partial charge in [0.1, 0.15) is 0 Å². The summed E-state index contributed by atoms with van der Waals surface area (Å²) < 4.78 is 66.0. The van der Waals surface area contributed by atoms with E-state index < -0.39 is 35.1 Å². The molecule has 0 saturated heterocycles. The van der Waals surface area contributed by atoms with Crippen molar-refractivity contribution in [1.29, 1.82) is 0 Å². The van der Waals surface area contributed by atoms with Gasteiger partial charge >= 0.3 is 0 Å². The van der Waals surface area contributed by atoms with Crippen LogP contribution in [0.15, 0.2) is 30.3 Å². The Morgan fingerprint density at radius 1 is 0.800 bits per heavy atom. The van der Waals surface area contributed by atoms with Crippen LogP contribution in [0.4, 0.5) is 22.0 Å². The van der Waals surface area contributed by atoms with Gasteiger partial charge in [-0.1, -0.05) is 12.1 Å². The molecule has 0 bridgehead atoms. The van der Waals surface area contributed by atoms with E-state index in [0.717, 1.165) is 24.3 Å². The highest BCUT2D eigenvalue weighted by Gasteiger charge is 2.22. The molecule has 1 unspecified atom stereocenters. The van der Waals surface area contributed by atoms with Gasteiger partial charge in [0.05, 0.1) is 6.04 Å². The minimum Gasteiger partial charge on any atom is -0.309 e. The zero-order valence-corrected chi connectivity index (χ0v) is 10.4. The molecule has 0 aromatic heterocycles. The van der Waals surface area contributed by atoms with E-state index >= 15 is 0 Å². The first-order valence-electron chi connectivity index (χ1n) is 5.71. The molecule has 2 rings (SSSR count). The summed E-state index contributed by atoms with van der Waals surface area (Å²) in [5.41, 5.74) is -0.00582. The third-order valence-corrected chi connectivity index (χ3v) is 2.94. The SMILES string of the molecule is CNC(c1ccc(F)c(F)c1)c1ccc(F)c(F)c1F. The minimum atomic E-state index is -1.61. The lowest BCUT2D eigenvalue weighted by atomic mass is 9.98. The van der Waals surface area contributed by atoms with Crippen molar-refractivity contribution in [3.63, 3.8) is 0 Å². The summed E-state index contributed by atoms with van der Waals surface area (Å²) in [7, 11) is 1.44. The molecular weight excluding hydrogens is 277 g/mol. The molecule has 0 aliphatic carbocycles. The van der Waals surface area contributed by atoms with Crippen molar-refractivity contribution in [2.45, 2.75) is 6.04 Å². The lowest BCUT2D eigenvalue weighted by Gasteiger charge is -2.18. The monoisotopic (exact) mass is 287 g/mol. The van der Waals surface area contributed by atoms with Crippen LogP contribution in [0.25, 0.3) is 0 Å². The summed E-state index contributed by atoms with van der Waals surface area (Å²) >= 11 is 0. The van der Waals surface area contributed by atoms with Gasteiger partial charge in [-0.25, -0.2) is 22.0 Å². The van der Waals surface area contributed by atoms with Gasteiger partial charge in [0, 0.05) is 5.56 Å². The molecule has 1 N–H and O–H groups in total. The van der Waals surface area contributed by atoms with Crippen LogP contribution in [0.2, 0.25) is 0 Å². The number of halogens is 5. The molecule has 1 atom stereocenters. The Bertz CT molecular complexity index is 642. The number of hydrogen-bond donors (Lipinski definition) is 1. The van der Waals surface area contributed by atoms with E-state index in [0.29, 0.717) is 0 Å². The topological polar surface area (TPSA) is 12.0 Å². The van der Waals surface area contributed by atoms with Crippen molar-refractivity contribution < 1.29 is 22.0 Å². The average molecular weight is 287 g/mol. The molecule has 1 nitrogen and oxygen atoms in total. The maximum atomic E-state index is 13.7. The Hall–Kier alpha value is -1.95. The molecule has 6 heteroatoms. The predicted octanol–water partition coefficient (Wildman–Crippen LogP) is 3.69. The van der Waals surface area contributed by atoms with Crippen molar-refractivity contribution in [3.8, 4) is 0 Å². The van der Waals surface area contributed by atoms with E-state index in [4.69, 9.17) is 0 Å². The number of nitrogens with one attached hydrogen (secondary N) is 1. The second-order valence-electron chi connectivity index (χ2n) is 4.16. The summed E-state index contributed by atoms with van der Waals surface area (Å²) in [6, 6.07) is 3.89. The van der Waals surface area contributed by atoms with Gasteiger partial charge in [-0.2, -0.15) is 0 Å². The number of hydrogen-bond acceptors (Lipinski definition) is 1. The molecule has 106 valence electrons. The highest BCUT2D eigenvalue weighted by Crippen LogP contribution is 2.27. The Morgan fingerprint density at radius 3 is 2.05 bits per heavy atom. The summed E-state index contributed by atoms with van der Waals surface area (Å²) in [5, 5.41) is 2.65. The van der Waals surface area contributed by atoms with E-state index in [-0.39, 0.29) is 11.1 Å². The summed E-state index contributed by atoms with van der Waals surface area (Å²) in [4.78, 5) is 0. The highest BCUT2D eigenvalue weighted by molar-refractivity contribution is 5.34. The second-order valence-corrected chi connectivity index (χ2v) is 4.16. The first kappa shape index (κ1) is 14.5. The number of benzene rings is 2. The van der Waals surface area contributed by atoms with Crippen LogP contribution in [0.1, 0.15) is 17.2 Å². The average Bonchev–Trinajstić information content (AvgIpc) is 2.43. The molecule has 0 aliphatic rings. The molecule has 0 radical (unpaired) electrons. The van der Waals surface area contributed by atoms with Gasteiger partial charge in [0.15, 0.2) is 29.1 Å². The van der Waals surface area contributed by atoms with Gasteiger partial charge in [0.2, 0.25) is 0 Å². The van der Waals surface area contributed by atoms with E-state index in [1.54, 1.807) is 0 Å². The molecule has 0 saturated carbocycles. The van der Waals surface area contributed by atoms with Crippen molar-refractivity contribution in [2.24, 2.45) is 0 Å². The van der Waals surface area contributed by atoms with Crippen LogP contribution in [0.5, 0.6) is 0 Å². The molecule has 0 heterocycles. The lowest BCUT2D eigenvalue weighted by Crippen LogP contribution is -2.20. The quantitative estimate of drug-likeness (QED) is 0.670. The number of rotatable bonds is 3. The van der Waals surface area contributed by atoms with Crippen molar-refractivity contribution in [3.05, 3.63) is 70.5 Å². The normalized spacial score (nSPS) is 12.5. The standard InChI is InChI=1S/C14H10F5N/c1-20-14(7-2-4-9(15)11(17)6-7)8-3-5-10(16)13(19)12(8)18/h2-6,14,20H,1H3. The van der Waals surface area contributed by atoms with E-state index in [2.05, 4.69) is 5.32 Å². The predicted molar refractivity (Wildman–Crippen MR) is 63.6 cm³/mol. The molecule has 0 amide bonds. The summed E-state index contributed by atoms with van der Waals surface area (Å²) in [5.74, 6) is -6.44. The smallest absolute Gasteiger partial charge is 0.194 e. The van der Waals surface area contributed by atoms with Crippen LogP contribution >= 0.6 is 0 Å². The van der Waals surface area contributed by atoms with Crippen molar-refractivity contribution in [2.75, 3.05) is 7.05 Å². The second kappa shape index (κ2) is 5.58. The first-order chi connectivity index (χ1) is 9.45. The van der Waals surface area contributed by atoms with E-state index in [1.807, 2.05) is 0 Å². The van der Waals surface area contributed by atoms with Crippen LogP contribution in [0, 0.1) is 29.1 Å². The van der Waals surface area contributed by atoms with Gasteiger partial charge in [-0.15, -0.1) is 0 Å². The first-order valence-corrected chi connectivity index (χ1v) is 5.71. The minimum absolute atomic E-state index is 0.191. The molecule has 0 fully saturated rings. The molecule has 2 aromatic carbocycles. The maximum absolute atomic E-state index is 13.7. The highest BCUT2D eigenvalue weighted by atomic mass is 19.2. The third kappa shape index (κ3) is 2.51. The van der Waals surface area contributed by atoms with Crippen LogP contribution in [-0.4, -0.2) is 7.05 Å². The largest absolute Gasteiger partial charge is 0.309 e. The Kier molecular flexibility index (Phi) is 4.04. The Labute approximate surface area is 112 Å². The van der Waals surface area contributed by atoms with Gasteiger partial charge in [-0.3, -0.25) is 0 Å². The van der Waals surface area contributed by atoms with Crippen LogP contribution in [0.3, 0.4) is 0 Å².